The molecule has 3 N–H and O–H groups in total. The van der Waals surface area contributed by atoms with Gasteiger partial charge in [0.1, 0.15) is 17.3 Å². The molecule has 1 aliphatic heterocycles. The van der Waals surface area contributed by atoms with Crippen LogP contribution in [0.5, 0.6) is 5.75 Å². The van der Waals surface area contributed by atoms with Crippen molar-refractivity contribution in [2.24, 2.45) is 5.92 Å². The molecule has 2 aromatic carbocycles. The maximum absolute atomic E-state index is 14.2. The first-order valence-corrected chi connectivity index (χ1v) is 12.9. The molecule has 39 heavy (non-hydrogen) atoms. The van der Waals surface area contributed by atoms with Crippen molar-refractivity contribution in [2.45, 2.75) is 32.7 Å². The lowest BCUT2D eigenvalue weighted by Crippen LogP contribution is -2.36. The lowest BCUT2D eigenvalue weighted by molar-refractivity contribution is -0.129. The van der Waals surface area contributed by atoms with Crippen molar-refractivity contribution in [3.63, 3.8) is 0 Å². The Balaban J connectivity index is 1.42. The van der Waals surface area contributed by atoms with Crippen LogP contribution in [0.1, 0.15) is 58.8 Å². The van der Waals surface area contributed by atoms with Gasteiger partial charge in [0.05, 0.1) is 6.04 Å². The molecule has 1 atom stereocenters. The molecule has 0 saturated carbocycles. The highest BCUT2D eigenvalue weighted by molar-refractivity contribution is 5.93. The first kappa shape index (κ1) is 26.0. The molecule has 0 spiro atoms. The zero-order valence-electron chi connectivity index (χ0n) is 21.8. The molecule has 1 fully saturated rings. The number of H-pyrrole nitrogens is 1. The number of rotatable bonds is 4. The smallest absolute Gasteiger partial charge is 0.270 e. The number of likely N-dealkylation sites (tertiary alicyclic amines) is 1. The summed E-state index contributed by atoms with van der Waals surface area (Å²) in [5.41, 5.74) is 3.13. The van der Waals surface area contributed by atoms with Gasteiger partial charge in [-0.1, -0.05) is 30.0 Å². The molecule has 3 heterocycles. The van der Waals surface area contributed by atoms with Gasteiger partial charge in [-0.3, -0.25) is 9.59 Å². The lowest BCUT2D eigenvalue weighted by Gasteiger charge is -2.28. The van der Waals surface area contributed by atoms with E-state index in [2.05, 4.69) is 27.1 Å². The number of hydrogen-bond donors (Lipinski definition) is 3. The van der Waals surface area contributed by atoms with Crippen molar-refractivity contribution in [3.05, 3.63) is 94.7 Å². The van der Waals surface area contributed by atoms with Crippen LogP contribution in [0.15, 0.2) is 60.7 Å². The highest BCUT2D eigenvalue weighted by Crippen LogP contribution is 2.32. The third-order valence-electron chi connectivity index (χ3n) is 6.98. The number of phenols is 1. The Morgan fingerprint density at radius 3 is 2.64 bits per heavy atom. The number of halogens is 1. The summed E-state index contributed by atoms with van der Waals surface area (Å²) in [7, 11) is 0. The van der Waals surface area contributed by atoms with Gasteiger partial charge in [0.15, 0.2) is 0 Å². The molecule has 2 aromatic heterocycles. The van der Waals surface area contributed by atoms with Gasteiger partial charge in [-0.2, -0.15) is 0 Å². The number of aromatic hydroxyl groups is 1. The van der Waals surface area contributed by atoms with Gasteiger partial charge in [-0.15, -0.1) is 0 Å². The highest BCUT2D eigenvalue weighted by atomic mass is 19.1. The fraction of sp³-hybridized carbons (Fsp3) is 0.258. The van der Waals surface area contributed by atoms with E-state index < -0.39 is 17.8 Å². The normalized spacial score (nSPS) is 14.5. The number of amides is 2. The average molecular weight is 525 g/mol. The van der Waals surface area contributed by atoms with Gasteiger partial charge in [0.2, 0.25) is 5.91 Å². The van der Waals surface area contributed by atoms with E-state index in [9.17, 15) is 19.1 Å². The Morgan fingerprint density at radius 1 is 1.13 bits per heavy atom. The second-order valence-corrected chi connectivity index (χ2v) is 9.85. The summed E-state index contributed by atoms with van der Waals surface area (Å²) in [4.78, 5) is 34.6. The number of phenolic OH excluding ortho intramolecular Hbond substituents is 1. The Kier molecular flexibility index (Phi) is 7.33. The van der Waals surface area contributed by atoms with Crippen LogP contribution in [-0.4, -0.2) is 44.9 Å². The zero-order valence-corrected chi connectivity index (χ0v) is 21.8. The minimum Gasteiger partial charge on any atom is -0.508 e. The van der Waals surface area contributed by atoms with Gasteiger partial charge < -0.3 is 20.3 Å². The van der Waals surface area contributed by atoms with E-state index in [0.717, 1.165) is 23.7 Å². The van der Waals surface area contributed by atoms with Crippen LogP contribution in [0.2, 0.25) is 0 Å². The number of carbonyl (C=O) groups is 2. The van der Waals surface area contributed by atoms with Crippen molar-refractivity contribution >= 4 is 22.7 Å². The minimum absolute atomic E-state index is 0.0825. The minimum atomic E-state index is -0.857. The molecule has 8 heteroatoms. The maximum Gasteiger partial charge on any atom is 0.270 e. The molecule has 1 aliphatic rings. The number of nitrogens with zero attached hydrogens (tertiary/aromatic N) is 2. The Hall–Kier alpha value is -4.64. The lowest BCUT2D eigenvalue weighted by atomic mass is 9.97. The molecular weight excluding hydrogens is 495 g/mol. The summed E-state index contributed by atoms with van der Waals surface area (Å²) in [6.45, 7) is 4.76. The predicted molar refractivity (Wildman–Crippen MR) is 147 cm³/mol. The van der Waals surface area contributed by atoms with E-state index >= 15 is 0 Å². The van der Waals surface area contributed by atoms with Crippen molar-refractivity contribution in [1.82, 2.24) is 20.2 Å². The average Bonchev–Trinajstić information content (AvgIpc) is 3.36. The molecule has 1 unspecified atom stereocenters. The number of hydrogen-bond acceptors (Lipinski definition) is 4. The molecule has 198 valence electrons. The monoisotopic (exact) mass is 524 g/mol. The summed E-state index contributed by atoms with van der Waals surface area (Å²) < 4.78 is 14.2. The van der Waals surface area contributed by atoms with Gasteiger partial charge >= 0.3 is 0 Å². The molecule has 1 saturated heterocycles. The number of benzene rings is 2. The Morgan fingerprint density at radius 2 is 1.90 bits per heavy atom. The summed E-state index contributed by atoms with van der Waals surface area (Å²) in [6.07, 6.45) is 1.63. The third-order valence-corrected chi connectivity index (χ3v) is 6.98. The number of carbonyl (C=O) groups excluding carboxylic acids is 2. The summed E-state index contributed by atoms with van der Waals surface area (Å²) in [5.74, 6) is 5.57. The van der Waals surface area contributed by atoms with Gasteiger partial charge in [-0.25, -0.2) is 9.37 Å². The molecule has 7 nitrogen and oxygen atoms in total. The molecule has 0 bridgehead atoms. The second kappa shape index (κ2) is 11.0. The molecule has 0 aliphatic carbocycles. The van der Waals surface area contributed by atoms with Gasteiger partial charge in [0, 0.05) is 54.0 Å². The van der Waals surface area contributed by atoms with Crippen LogP contribution >= 0.6 is 0 Å². The SMILES string of the molecule is CC(=O)N1CCC(C#Cc2cc(C)nc(C(=O)NC(c3cc4ccccc4[nH]3)c3cc(F)ccc3O)c2)CC1. The summed E-state index contributed by atoms with van der Waals surface area (Å²) in [5, 5.41) is 14.4. The number of nitrogens with one attached hydrogen (secondary N) is 2. The van der Waals surface area contributed by atoms with E-state index in [0.29, 0.717) is 30.0 Å². The standard InChI is InChI=1S/C31H29FN4O3/c1-19-15-22(8-7-21-11-13-36(14-12-21)20(2)37)16-28(33-19)31(39)35-30(25-18-24(32)9-10-29(25)38)27-17-23-5-3-4-6-26(23)34-27/h3-6,9-10,15-18,21,30,34,38H,11-14H2,1-2H3,(H,35,39). The van der Waals surface area contributed by atoms with Crippen LogP contribution in [0.4, 0.5) is 4.39 Å². The Bertz CT molecular complexity index is 1580. The fourth-order valence-electron chi connectivity index (χ4n) is 4.92. The number of pyridine rings is 1. The topological polar surface area (TPSA) is 98.3 Å². The van der Waals surface area contributed by atoms with Gasteiger partial charge in [-0.05, 0) is 67.6 Å². The van der Waals surface area contributed by atoms with E-state index in [-0.39, 0.29) is 28.8 Å². The van der Waals surface area contributed by atoms with Crippen molar-refractivity contribution in [2.75, 3.05) is 13.1 Å². The number of aromatic nitrogens is 2. The zero-order chi connectivity index (χ0) is 27.5. The Labute approximate surface area is 226 Å². The number of aromatic amines is 1. The molecule has 5 rings (SSSR count). The predicted octanol–water partition coefficient (Wildman–Crippen LogP) is 4.85. The molecule has 2 amide bonds. The number of para-hydroxylation sites is 1. The highest BCUT2D eigenvalue weighted by Gasteiger charge is 2.24. The van der Waals surface area contributed by atoms with Crippen molar-refractivity contribution in [1.29, 1.82) is 0 Å². The van der Waals surface area contributed by atoms with E-state index in [1.165, 1.54) is 18.2 Å². The number of piperidine rings is 1. The van der Waals surface area contributed by atoms with Crippen LogP contribution in [-0.2, 0) is 4.79 Å². The first-order chi connectivity index (χ1) is 18.8. The van der Waals surface area contributed by atoms with E-state index in [1.54, 1.807) is 19.9 Å². The third kappa shape index (κ3) is 5.93. The summed E-state index contributed by atoms with van der Waals surface area (Å²) >= 11 is 0. The van der Waals surface area contributed by atoms with Crippen LogP contribution in [0.25, 0.3) is 10.9 Å². The second-order valence-electron chi connectivity index (χ2n) is 9.85. The van der Waals surface area contributed by atoms with Crippen LogP contribution in [0, 0.1) is 30.5 Å². The van der Waals surface area contributed by atoms with E-state index in [4.69, 9.17) is 0 Å². The van der Waals surface area contributed by atoms with Crippen LogP contribution < -0.4 is 5.32 Å². The fourth-order valence-corrected chi connectivity index (χ4v) is 4.92. The van der Waals surface area contributed by atoms with Crippen LogP contribution in [0.3, 0.4) is 0 Å². The van der Waals surface area contributed by atoms with Gasteiger partial charge in [0.25, 0.3) is 5.91 Å². The largest absolute Gasteiger partial charge is 0.508 e. The van der Waals surface area contributed by atoms with Crippen molar-refractivity contribution < 1.29 is 19.1 Å². The number of fused-ring (bicyclic) bond motifs is 1. The first-order valence-electron chi connectivity index (χ1n) is 12.9. The van der Waals surface area contributed by atoms with E-state index in [1.807, 2.05) is 41.3 Å². The maximum atomic E-state index is 14.2. The molecular formula is C31H29FN4O3. The molecule has 0 radical (unpaired) electrons. The molecule has 4 aromatic rings. The summed E-state index contributed by atoms with van der Waals surface area (Å²) in [6, 6.07) is 15.7. The number of aryl methyl sites for hydroxylation is 1. The quantitative estimate of drug-likeness (QED) is 0.333. The van der Waals surface area contributed by atoms with Crippen molar-refractivity contribution in [3.8, 4) is 17.6 Å².